The van der Waals surface area contributed by atoms with Crippen molar-refractivity contribution in [2.24, 2.45) is 0 Å². The van der Waals surface area contributed by atoms with Gasteiger partial charge < -0.3 is 10.1 Å². The SMILES string of the molecule is CC(=O)NCC(C)c1ccc2nc(Oc3ccc4ccccc4c3)sc2c1. The van der Waals surface area contributed by atoms with E-state index in [4.69, 9.17) is 4.74 Å². The first-order valence-corrected chi connectivity index (χ1v) is 9.72. The Morgan fingerprint density at radius 2 is 1.93 bits per heavy atom. The van der Waals surface area contributed by atoms with Crippen LogP contribution in [0.1, 0.15) is 25.3 Å². The number of nitrogens with one attached hydrogen (secondary N) is 1. The Morgan fingerprint density at radius 1 is 1.11 bits per heavy atom. The fourth-order valence-electron chi connectivity index (χ4n) is 3.02. The summed E-state index contributed by atoms with van der Waals surface area (Å²) in [5, 5.41) is 5.83. The minimum absolute atomic E-state index is 0.00760. The zero-order valence-corrected chi connectivity index (χ0v) is 16.0. The Balaban J connectivity index is 1.56. The normalized spacial score (nSPS) is 12.2. The molecular weight excluding hydrogens is 356 g/mol. The molecule has 27 heavy (non-hydrogen) atoms. The van der Waals surface area contributed by atoms with Crippen molar-refractivity contribution in [3.8, 4) is 10.9 Å². The molecule has 3 aromatic carbocycles. The van der Waals surface area contributed by atoms with Crippen LogP contribution in [0.4, 0.5) is 0 Å². The van der Waals surface area contributed by atoms with E-state index in [1.165, 1.54) is 29.2 Å². The smallest absolute Gasteiger partial charge is 0.279 e. The van der Waals surface area contributed by atoms with Crippen LogP contribution in [-0.2, 0) is 4.79 Å². The average molecular weight is 376 g/mol. The van der Waals surface area contributed by atoms with Crippen molar-refractivity contribution in [3.05, 3.63) is 66.2 Å². The molecule has 1 N–H and O–H groups in total. The van der Waals surface area contributed by atoms with Crippen molar-refractivity contribution in [3.63, 3.8) is 0 Å². The molecule has 5 heteroatoms. The Kier molecular flexibility index (Phi) is 4.77. The molecule has 0 aliphatic heterocycles. The monoisotopic (exact) mass is 376 g/mol. The number of ether oxygens (including phenoxy) is 1. The number of hydrogen-bond donors (Lipinski definition) is 1. The molecule has 1 aromatic heterocycles. The fraction of sp³-hybridized carbons (Fsp3) is 0.182. The van der Waals surface area contributed by atoms with Gasteiger partial charge >= 0.3 is 0 Å². The van der Waals surface area contributed by atoms with E-state index in [1.807, 2.05) is 30.3 Å². The lowest BCUT2D eigenvalue weighted by atomic mass is 10.0. The minimum atomic E-state index is -0.00760. The van der Waals surface area contributed by atoms with E-state index in [0.717, 1.165) is 21.4 Å². The van der Waals surface area contributed by atoms with Gasteiger partial charge in [0.2, 0.25) is 5.91 Å². The topological polar surface area (TPSA) is 51.2 Å². The van der Waals surface area contributed by atoms with E-state index in [-0.39, 0.29) is 11.8 Å². The van der Waals surface area contributed by atoms with Gasteiger partial charge in [0, 0.05) is 13.5 Å². The van der Waals surface area contributed by atoms with Gasteiger partial charge in [0.05, 0.1) is 10.2 Å². The van der Waals surface area contributed by atoms with Crippen molar-refractivity contribution in [1.29, 1.82) is 0 Å². The van der Waals surface area contributed by atoms with E-state index in [1.54, 1.807) is 0 Å². The summed E-state index contributed by atoms with van der Waals surface area (Å²) in [6, 6.07) is 20.5. The zero-order chi connectivity index (χ0) is 18.8. The number of aromatic nitrogens is 1. The van der Waals surface area contributed by atoms with Crippen LogP contribution in [0.5, 0.6) is 10.9 Å². The summed E-state index contributed by atoms with van der Waals surface area (Å²) in [5.41, 5.74) is 2.10. The molecule has 0 saturated heterocycles. The van der Waals surface area contributed by atoms with Crippen molar-refractivity contribution >= 4 is 38.2 Å². The second-order valence-corrected chi connectivity index (χ2v) is 7.65. The molecule has 136 valence electrons. The maximum absolute atomic E-state index is 11.1. The highest BCUT2D eigenvalue weighted by Gasteiger charge is 2.11. The second kappa shape index (κ2) is 7.37. The molecular formula is C22H20N2O2S. The van der Waals surface area contributed by atoms with Crippen molar-refractivity contribution in [2.75, 3.05) is 6.54 Å². The van der Waals surface area contributed by atoms with Gasteiger partial charge in [-0.25, -0.2) is 4.98 Å². The average Bonchev–Trinajstić information content (AvgIpc) is 3.07. The quantitative estimate of drug-likeness (QED) is 0.502. The fourth-order valence-corrected chi connectivity index (χ4v) is 3.90. The summed E-state index contributed by atoms with van der Waals surface area (Å²) in [4.78, 5) is 15.7. The first-order valence-electron chi connectivity index (χ1n) is 8.90. The molecule has 0 spiro atoms. The van der Waals surface area contributed by atoms with Crippen molar-refractivity contribution in [2.45, 2.75) is 19.8 Å². The molecule has 1 heterocycles. The Bertz CT molecular complexity index is 1120. The molecule has 0 aliphatic rings. The van der Waals surface area contributed by atoms with Crippen molar-refractivity contribution < 1.29 is 9.53 Å². The highest BCUT2D eigenvalue weighted by molar-refractivity contribution is 7.20. The number of carbonyl (C=O) groups is 1. The summed E-state index contributed by atoms with van der Waals surface area (Å²) < 4.78 is 7.08. The lowest BCUT2D eigenvalue weighted by Crippen LogP contribution is -2.24. The molecule has 1 amide bonds. The molecule has 0 saturated carbocycles. The zero-order valence-electron chi connectivity index (χ0n) is 15.2. The van der Waals surface area contributed by atoms with Gasteiger partial charge in [0.25, 0.3) is 5.19 Å². The van der Waals surface area contributed by atoms with Crippen LogP contribution < -0.4 is 10.1 Å². The predicted molar refractivity (Wildman–Crippen MR) is 111 cm³/mol. The van der Waals surface area contributed by atoms with Crippen LogP contribution >= 0.6 is 11.3 Å². The number of hydrogen-bond acceptors (Lipinski definition) is 4. The molecule has 0 radical (unpaired) electrons. The first kappa shape index (κ1) is 17.5. The molecule has 1 unspecified atom stereocenters. The van der Waals surface area contributed by atoms with E-state index in [2.05, 4.69) is 47.6 Å². The number of amides is 1. The minimum Gasteiger partial charge on any atom is -0.431 e. The van der Waals surface area contributed by atoms with Crippen molar-refractivity contribution in [1.82, 2.24) is 10.3 Å². The Hall–Kier alpha value is -2.92. The molecule has 0 bridgehead atoms. The summed E-state index contributed by atoms with van der Waals surface area (Å²) in [6.07, 6.45) is 0. The predicted octanol–water partition coefficient (Wildman–Crippen LogP) is 5.48. The number of rotatable bonds is 5. The van der Waals surface area contributed by atoms with E-state index >= 15 is 0 Å². The van der Waals surface area contributed by atoms with E-state index < -0.39 is 0 Å². The Labute approximate surface area is 161 Å². The third kappa shape index (κ3) is 3.93. The van der Waals surface area contributed by atoms with Gasteiger partial charge in [-0.05, 0) is 46.5 Å². The Morgan fingerprint density at radius 3 is 2.74 bits per heavy atom. The van der Waals surface area contributed by atoms with Gasteiger partial charge in [-0.1, -0.05) is 54.7 Å². The van der Waals surface area contributed by atoms with Gasteiger partial charge in [-0.2, -0.15) is 0 Å². The first-order chi connectivity index (χ1) is 13.1. The lowest BCUT2D eigenvalue weighted by molar-refractivity contribution is -0.119. The van der Waals surface area contributed by atoms with Crippen LogP contribution in [-0.4, -0.2) is 17.4 Å². The molecule has 1 atom stereocenters. The van der Waals surface area contributed by atoms with Crippen LogP contribution in [0.25, 0.3) is 21.0 Å². The number of thiazole rings is 1. The lowest BCUT2D eigenvalue weighted by Gasteiger charge is -2.11. The summed E-state index contributed by atoms with van der Waals surface area (Å²) in [7, 11) is 0. The molecule has 4 aromatic rings. The number of benzene rings is 3. The number of fused-ring (bicyclic) bond motifs is 2. The van der Waals surface area contributed by atoms with Crippen LogP contribution in [0.15, 0.2) is 60.7 Å². The second-order valence-electron chi connectivity index (χ2n) is 6.66. The third-order valence-corrected chi connectivity index (χ3v) is 5.44. The maximum atomic E-state index is 11.1. The largest absolute Gasteiger partial charge is 0.431 e. The van der Waals surface area contributed by atoms with Gasteiger partial charge in [-0.15, -0.1) is 0 Å². The molecule has 0 aliphatic carbocycles. The molecule has 4 nitrogen and oxygen atoms in total. The summed E-state index contributed by atoms with van der Waals surface area (Å²) in [5.74, 6) is 1.02. The standard InChI is InChI=1S/C22H20N2O2S/c1-14(13-23-15(2)25)17-8-10-20-21(12-17)27-22(24-20)26-19-9-7-16-5-3-4-6-18(16)11-19/h3-12,14H,13H2,1-2H3,(H,23,25). The van der Waals surface area contributed by atoms with Gasteiger partial charge in [-0.3, -0.25) is 4.79 Å². The maximum Gasteiger partial charge on any atom is 0.279 e. The van der Waals surface area contributed by atoms with E-state index in [0.29, 0.717) is 11.7 Å². The summed E-state index contributed by atoms with van der Waals surface area (Å²) in [6.45, 7) is 4.26. The number of nitrogens with zero attached hydrogens (tertiary/aromatic N) is 1. The van der Waals surface area contributed by atoms with Crippen LogP contribution in [0.3, 0.4) is 0 Å². The summed E-state index contributed by atoms with van der Waals surface area (Å²) >= 11 is 1.53. The number of carbonyl (C=O) groups excluding carboxylic acids is 1. The highest BCUT2D eigenvalue weighted by Crippen LogP contribution is 2.34. The molecule has 4 rings (SSSR count). The third-order valence-electron chi connectivity index (χ3n) is 4.55. The van der Waals surface area contributed by atoms with Crippen LogP contribution in [0, 0.1) is 0 Å². The molecule has 0 fully saturated rings. The van der Waals surface area contributed by atoms with Crippen LogP contribution in [0.2, 0.25) is 0 Å². The van der Waals surface area contributed by atoms with Gasteiger partial charge in [0.15, 0.2) is 0 Å². The van der Waals surface area contributed by atoms with E-state index in [9.17, 15) is 4.79 Å². The highest BCUT2D eigenvalue weighted by atomic mass is 32.1. The van der Waals surface area contributed by atoms with Gasteiger partial charge in [0.1, 0.15) is 5.75 Å².